The lowest BCUT2D eigenvalue weighted by Crippen LogP contribution is -2.01. The van der Waals surface area contributed by atoms with Gasteiger partial charge in [0.15, 0.2) is 20.6 Å². The van der Waals surface area contributed by atoms with Gasteiger partial charge in [0.25, 0.3) is 0 Å². The van der Waals surface area contributed by atoms with Gasteiger partial charge in [-0.3, -0.25) is 4.79 Å². The normalized spacial score (nSPS) is 11.6. The van der Waals surface area contributed by atoms with Crippen molar-refractivity contribution in [2.75, 3.05) is 6.26 Å². The number of benzene rings is 1. The molecule has 0 amide bonds. The smallest absolute Gasteiger partial charge is 0.192 e. The molecule has 2 aromatic rings. The minimum Gasteiger partial charge on any atom is -0.295 e. The summed E-state index contributed by atoms with van der Waals surface area (Å²) in [5.74, 6) is -0.0709. The summed E-state index contributed by atoms with van der Waals surface area (Å²) in [6.07, 6.45) is 1.11. The molecule has 2 rings (SSSR count). The molecule has 1 aromatic carbocycles. The van der Waals surface area contributed by atoms with Crippen molar-refractivity contribution in [2.24, 2.45) is 0 Å². The molecule has 5 heteroatoms. The Morgan fingerprint density at radius 3 is 2.41 bits per heavy atom. The van der Waals surface area contributed by atoms with Crippen LogP contribution in [-0.2, 0) is 9.84 Å². The highest BCUT2D eigenvalue weighted by Gasteiger charge is 2.10. The zero-order valence-electron chi connectivity index (χ0n) is 9.47. The summed E-state index contributed by atoms with van der Waals surface area (Å²) >= 11 is 0. The number of hydrogen-bond donors (Lipinski definition) is 0. The molecule has 1 heterocycles. The molecule has 0 aliphatic rings. The van der Waals surface area contributed by atoms with Crippen LogP contribution in [0.5, 0.6) is 0 Å². The summed E-state index contributed by atoms with van der Waals surface area (Å²) in [5, 5.41) is 0.827. The quantitative estimate of drug-likeness (QED) is 0.762. The number of pyridine rings is 1. The van der Waals surface area contributed by atoms with Crippen LogP contribution in [0.15, 0.2) is 35.4 Å². The predicted molar refractivity (Wildman–Crippen MR) is 64.9 cm³/mol. The van der Waals surface area contributed by atoms with E-state index in [1.165, 1.54) is 13.0 Å². The van der Waals surface area contributed by atoms with Crippen molar-refractivity contribution < 1.29 is 13.2 Å². The third kappa shape index (κ3) is 2.34. The Morgan fingerprint density at radius 1 is 1.18 bits per heavy atom. The monoisotopic (exact) mass is 249 g/mol. The first-order valence-corrected chi connectivity index (χ1v) is 6.89. The van der Waals surface area contributed by atoms with Gasteiger partial charge in [0.05, 0.1) is 5.52 Å². The zero-order chi connectivity index (χ0) is 12.6. The second-order valence-corrected chi connectivity index (χ2v) is 5.85. The average molecular weight is 249 g/mol. The van der Waals surface area contributed by atoms with Gasteiger partial charge < -0.3 is 0 Å². The average Bonchev–Trinajstić information content (AvgIpc) is 2.26. The summed E-state index contributed by atoms with van der Waals surface area (Å²) < 4.78 is 22.7. The van der Waals surface area contributed by atoms with Gasteiger partial charge in [0.1, 0.15) is 0 Å². The van der Waals surface area contributed by atoms with Crippen LogP contribution in [-0.4, -0.2) is 25.4 Å². The third-order valence-electron chi connectivity index (χ3n) is 2.45. The van der Waals surface area contributed by atoms with Gasteiger partial charge >= 0.3 is 0 Å². The standard InChI is InChI=1S/C12H11NO3S/c1-8(14)10-4-3-9-5-6-12(17(2,15)16)13-11(9)7-10/h3-7H,1-2H3. The van der Waals surface area contributed by atoms with Crippen LogP contribution in [0.1, 0.15) is 17.3 Å². The van der Waals surface area contributed by atoms with Crippen molar-refractivity contribution >= 4 is 26.5 Å². The fraction of sp³-hybridized carbons (Fsp3) is 0.167. The molecule has 0 saturated carbocycles. The number of hydrogen-bond acceptors (Lipinski definition) is 4. The van der Waals surface area contributed by atoms with E-state index in [9.17, 15) is 13.2 Å². The minimum atomic E-state index is -3.32. The van der Waals surface area contributed by atoms with Gasteiger partial charge in [-0.25, -0.2) is 13.4 Å². The van der Waals surface area contributed by atoms with E-state index in [1.807, 2.05) is 0 Å². The summed E-state index contributed by atoms with van der Waals surface area (Å²) in [6.45, 7) is 1.46. The topological polar surface area (TPSA) is 64.1 Å². The number of rotatable bonds is 2. The second-order valence-electron chi connectivity index (χ2n) is 3.89. The highest BCUT2D eigenvalue weighted by Crippen LogP contribution is 2.17. The van der Waals surface area contributed by atoms with Crippen LogP contribution in [0.25, 0.3) is 10.9 Å². The fourth-order valence-corrected chi connectivity index (χ4v) is 2.10. The molecule has 88 valence electrons. The molecule has 0 saturated heterocycles. The second kappa shape index (κ2) is 3.92. The number of Topliss-reactive ketones (excluding diaryl/α,β-unsaturated/α-hetero) is 1. The maximum atomic E-state index is 11.4. The number of carbonyl (C=O) groups excluding carboxylic acids is 1. The maximum Gasteiger partial charge on any atom is 0.192 e. The highest BCUT2D eigenvalue weighted by molar-refractivity contribution is 7.90. The highest BCUT2D eigenvalue weighted by atomic mass is 32.2. The van der Waals surface area contributed by atoms with Crippen molar-refractivity contribution in [2.45, 2.75) is 11.9 Å². The molecule has 4 nitrogen and oxygen atoms in total. The summed E-state index contributed by atoms with van der Waals surface area (Å²) in [7, 11) is -3.32. The zero-order valence-corrected chi connectivity index (χ0v) is 10.3. The largest absolute Gasteiger partial charge is 0.295 e. The van der Waals surface area contributed by atoms with E-state index < -0.39 is 9.84 Å². The van der Waals surface area contributed by atoms with Gasteiger partial charge in [-0.05, 0) is 25.1 Å². The molecule has 0 fully saturated rings. The minimum absolute atomic E-state index is 0.0192. The predicted octanol–water partition coefficient (Wildman–Crippen LogP) is 1.84. The number of sulfone groups is 1. The fourth-order valence-electron chi connectivity index (χ4n) is 1.52. The van der Waals surface area contributed by atoms with E-state index >= 15 is 0 Å². The Morgan fingerprint density at radius 2 is 1.82 bits per heavy atom. The number of carbonyl (C=O) groups is 1. The van der Waals surface area contributed by atoms with E-state index in [2.05, 4.69) is 4.98 Å². The number of ketones is 1. The molecule has 0 aliphatic heterocycles. The lowest BCUT2D eigenvalue weighted by molar-refractivity contribution is 0.101. The Hall–Kier alpha value is -1.75. The van der Waals surface area contributed by atoms with Crippen LogP contribution in [0.4, 0.5) is 0 Å². The molecule has 0 bridgehead atoms. The summed E-state index contributed by atoms with van der Waals surface area (Å²) in [4.78, 5) is 15.3. The summed E-state index contributed by atoms with van der Waals surface area (Å²) in [5.41, 5.74) is 1.04. The van der Waals surface area contributed by atoms with Gasteiger partial charge in [0, 0.05) is 17.2 Å². The first-order valence-electron chi connectivity index (χ1n) is 5.00. The van der Waals surface area contributed by atoms with Crippen LogP contribution in [0, 0.1) is 0 Å². The lowest BCUT2D eigenvalue weighted by atomic mass is 10.1. The SMILES string of the molecule is CC(=O)c1ccc2ccc(S(C)(=O)=O)nc2c1. The van der Waals surface area contributed by atoms with Crippen LogP contribution in [0.2, 0.25) is 0 Å². The van der Waals surface area contributed by atoms with Crippen LogP contribution >= 0.6 is 0 Å². The van der Waals surface area contributed by atoms with Gasteiger partial charge in [-0.1, -0.05) is 12.1 Å². The molecule has 17 heavy (non-hydrogen) atoms. The van der Waals surface area contributed by atoms with Crippen LogP contribution < -0.4 is 0 Å². The molecule has 0 N–H and O–H groups in total. The van der Waals surface area contributed by atoms with E-state index in [-0.39, 0.29) is 10.8 Å². The Bertz CT molecular complexity index is 705. The third-order valence-corrected chi connectivity index (χ3v) is 3.44. The van der Waals surface area contributed by atoms with Crippen molar-refractivity contribution in [1.82, 2.24) is 4.98 Å². The molecule has 0 atom stereocenters. The number of fused-ring (bicyclic) bond motifs is 1. The molecule has 1 aromatic heterocycles. The Balaban J connectivity index is 2.71. The number of aromatic nitrogens is 1. The van der Waals surface area contributed by atoms with Crippen LogP contribution in [0.3, 0.4) is 0 Å². The lowest BCUT2D eigenvalue weighted by Gasteiger charge is -2.02. The van der Waals surface area contributed by atoms with Crippen molar-refractivity contribution in [3.05, 3.63) is 35.9 Å². The van der Waals surface area contributed by atoms with Crippen molar-refractivity contribution in [3.63, 3.8) is 0 Å². The molecule has 0 spiro atoms. The van der Waals surface area contributed by atoms with Crippen molar-refractivity contribution in [1.29, 1.82) is 0 Å². The van der Waals surface area contributed by atoms with Gasteiger partial charge in [-0.2, -0.15) is 0 Å². The van der Waals surface area contributed by atoms with Gasteiger partial charge in [0.2, 0.25) is 0 Å². The summed E-state index contributed by atoms with van der Waals surface area (Å²) in [6, 6.07) is 8.21. The Labute approximate surface area is 99.2 Å². The van der Waals surface area contributed by atoms with E-state index in [0.717, 1.165) is 11.6 Å². The molecular formula is C12H11NO3S. The molecule has 0 unspecified atom stereocenters. The number of nitrogens with zero attached hydrogens (tertiary/aromatic N) is 1. The molecule has 0 radical (unpaired) electrons. The Kier molecular flexibility index (Phi) is 2.71. The van der Waals surface area contributed by atoms with E-state index in [1.54, 1.807) is 24.3 Å². The van der Waals surface area contributed by atoms with Gasteiger partial charge in [-0.15, -0.1) is 0 Å². The molecular weight excluding hydrogens is 238 g/mol. The maximum absolute atomic E-state index is 11.4. The first kappa shape index (κ1) is 11.7. The molecule has 0 aliphatic carbocycles. The first-order chi connectivity index (χ1) is 7.88. The van der Waals surface area contributed by atoms with Crippen molar-refractivity contribution in [3.8, 4) is 0 Å². The van der Waals surface area contributed by atoms with E-state index in [4.69, 9.17) is 0 Å². The van der Waals surface area contributed by atoms with E-state index in [0.29, 0.717) is 11.1 Å².